The maximum atomic E-state index is 12.5. The first-order chi connectivity index (χ1) is 13.0. The molecule has 3 rings (SSSR count). The van der Waals surface area contributed by atoms with Crippen molar-refractivity contribution in [2.75, 3.05) is 33.9 Å². The summed E-state index contributed by atoms with van der Waals surface area (Å²) in [7, 11) is 3.07. The van der Waals surface area contributed by atoms with Crippen LogP contribution < -0.4 is 19.9 Å². The van der Waals surface area contributed by atoms with Crippen LogP contribution in [0.1, 0.15) is 25.6 Å². The van der Waals surface area contributed by atoms with E-state index in [2.05, 4.69) is 9.97 Å². The molecule has 0 spiro atoms. The van der Waals surface area contributed by atoms with Crippen molar-refractivity contribution in [2.45, 2.75) is 26.3 Å². The molecule has 0 amide bonds. The number of hydrogen-bond acceptors (Lipinski definition) is 6. The first-order valence-electron chi connectivity index (χ1n) is 9.20. The van der Waals surface area contributed by atoms with Crippen molar-refractivity contribution in [1.82, 2.24) is 9.97 Å². The Morgan fingerprint density at radius 1 is 1.30 bits per heavy atom. The SMILES string of the molecule is CCOC(=O)[C@@H]1CCC[NH+](Cc2nc3cc(OC)c(OC)cc3c(=O)[nH]2)C1. The van der Waals surface area contributed by atoms with Gasteiger partial charge in [-0.1, -0.05) is 0 Å². The Bertz CT molecular complexity index is 880. The van der Waals surface area contributed by atoms with E-state index in [-0.39, 0.29) is 17.4 Å². The second-order valence-electron chi connectivity index (χ2n) is 6.71. The lowest BCUT2D eigenvalue weighted by Gasteiger charge is -2.28. The molecule has 2 N–H and O–H groups in total. The number of rotatable bonds is 6. The van der Waals surface area contributed by atoms with Gasteiger partial charge in [-0.3, -0.25) is 9.59 Å². The summed E-state index contributed by atoms with van der Waals surface area (Å²) in [6, 6.07) is 3.34. The molecular formula is C19H26N3O5+. The number of nitrogens with zero attached hydrogens (tertiary/aromatic N) is 1. The monoisotopic (exact) mass is 376 g/mol. The zero-order valence-corrected chi connectivity index (χ0v) is 16.0. The van der Waals surface area contributed by atoms with Crippen molar-refractivity contribution in [3.63, 3.8) is 0 Å². The van der Waals surface area contributed by atoms with Crippen molar-refractivity contribution in [2.24, 2.45) is 5.92 Å². The number of aromatic amines is 1. The maximum Gasteiger partial charge on any atom is 0.314 e. The number of piperidine rings is 1. The molecule has 1 saturated heterocycles. The summed E-state index contributed by atoms with van der Waals surface area (Å²) >= 11 is 0. The number of aromatic nitrogens is 2. The fourth-order valence-corrected chi connectivity index (χ4v) is 3.61. The van der Waals surface area contributed by atoms with E-state index in [0.717, 1.165) is 19.4 Å². The Labute approximate surface area is 157 Å². The lowest BCUT2D eigenvalue weighted by molar-refractivity contribution is -0.921. The minimum Gasteiger partial charge on any atom is -0.493 e. The van der Waals surface area contributed by atoms with Crippen LogP contribution in [0, 0.1) is 5.92 Å². The smallest absolute Gasteiger partial charge is 0.314 e. The zero-order valence-electron chi connectivity index (χ0n) is 16.0. The van der Waals surface area contributed by atoms with Crippen LogP contribution in [0.3, 0.4) is 0 Å². The predicted octanol–water partition coefficient (Wildman–Crippen LogP) is 0.298. The average Bonchev–Trinajstić information content (AvgIpc) is 2.67. The van der Waals surface area contributed by atoms with E-state index in [1.165, 1.54) is 12.0 Å². The molecule has 8 nitrogen and oxygen atoms in total. The molecule has 2 aromatic rings. The van der Waals surface area contributed by atoms with Crippen molar-refractivity contribution in [1.29, 1.82) is 0 Å². The standard InChI is InChI=1S/C19H25N3O5/c1-4-27-19(24)12-6-5-7-22(10-12)11-17-20-14-9-16(26-3)15(25-2)8-13(14)18(23)21-17/h8-9,12H,4-7,10-11H2,1-3H3,(H,20,21,23)/p+1/t12-/m1/s1. The van der Waals surface area contributed by atoms with Gasteiger partial charge in [-0.25, -0.2) is 4.98 Å². The molecule has 0 saturated carbocycles. The molecule has 0 bridgehead atoms. The molecule has 2 atom stereocenters. The normalized spacial score (nSPS) is 19.7. The van der Waals surface area contributed by atoms with Gasteiger partial charge in [-0.15, -0.1) is 0 Å². The Morgan fingerprint density at radius 3 is 2.74 bits per heavy atom. The zero-order chi connectivity index (χ0) is 19.4. The molecule has 1 unspecified atom stereocenters. The van der Waals surface area contributed by atoms with Gasteiger partial charge in [0.25, 0.3) is 5.56 Å². The van der Waals surface area contributed by atoms with Gasteiger partial charge in [0.1, 0.15) is 12.5 Å². The van der Waals surface area contributed by atoms with Crippen molar-refractivity contribution >= 4 is 16.9 Å². The topological polar surface area (TPSA) is 94.9 Å². The highest BCUT2D eigenvalue weighted by molar-refractivity contribution is 5.81. The van der Waals surface area contributed by atoms with Crippen LogP contribution in [0.2, 0.25) is 0 Å². The molecule has 146 valence electrons. The van der Waals surface area contributed by atoms with E-state index in [0.29, 0.717) is 47.9 Å². The lowest BCUT2D eigenvalue weighted by atomic mass is 9.98. The van der Waals surface area contributed by atoms with E-state index in [1.807, 2.05) is 6.92 Å². The van der Waals surface area contributed by atoms with Gasteiger partial charge in [0.15, 0.2) is 17.3 Å². The van der Waals surface area contributed by atoms with Crippen LogP contribution in [-0.4, -0.2) is 49.9 Å². The molecule has 2 heterocycles. The van der Waals surface area contributed by atoms with Gasteiger partial charge in [-0.2, -0.15) is 0 Å². The number of esters is 1. The van der Waals surface area contributed by atoms with E-state index in [4.69, 9.17) is 14.2 Å². The fourth-order valence-electron chi connectivity index (χ4n) is 3.61. The predicted molar refractivity (Wildman–Crippen MR) is 99.2 cm³/mol. The maximum absolute atomic E-state index is 12.5. The van der Waals surface area contributed by atoms with E-state index >= 15 is 0 Å². The quantitative estimate of drug-likeness (QED) is 0.704. The number of quaternary nitrogens is 1. The summed E-state index contributed by atoms with van der Waals surface area (Å²) in [5.41, 5.74) is 0.346. The highest BCUT2D eigenvalue weighted by Gasteiger charge is 2.30. The number of ether oxygens (including phenoxy) is 3. The molecule has 0 aliphatic carbocycles. The first kappa shape index (κ1) is 19.2. The highest BCUT2D eigenvalue weighted by Crippen LogP contribution is 2.29. The number of hydrogen-bond donors (Lipinski definition) is 2. The number of H-pyrrole nitrogens is 1. The van der Waals surface area contributed by atoms with Crippen LogP contribution >= 0.6 is 0 Å². The minimum absolute atomic E-state index is 0.0924. The van der Waals surface area contributed by atoms with Crippen molar-refractivity contribution < 1.29 is 23.9 Å². The highest BCUT2D eigenvalue weighted by atomic mass is 16.5. The molecular weight excluding hydrogens is 350 g/mol. The number of methoxy groups -OCH3 is 2. The summed E-state index contributed by atoms with van der Waals surface area (Å²) in [5.74, 6) is 1.39. The summed E-state index contributed by atoms with van der Waals surface area (Å²) in [6.07, 6.45) is 1.79. The van der Waals surface area contributed by atoms with E-state index < -0.39 is 0 Å². The molecule has 8 heteroatoms. The van der Waals surface area contributed by atoms with Gasteiger partial charge < -0.3 is 24.1 Å². The van der Waals surface area contributed by atoms with Gasteiger partial charge in [0.05, 0.1) is 44.8 Å². The summed E-state index contributed by atoms with van der Waals surface area (Å²) in [4.78, 5) is 33.2. The number of likely N-dealkylation sites (tertiary alicyclic amines) is 1. The van der Waals surface area contributed by atoms with Crippen LogP contribution in [0.5, 0.6) is 11.5 Å². The van der Waals surface area contributed by atoms with E-state index in [9.17, 15) is 9.59 Å². The Hall–Kier alpha value is -2.61. The van der Waals surface area contributed by atoms with Crippen LogP contribution in [-0.2, 0) is 16.1 Å². The first-order valence-corrected chi connectivity index (χ1v) is 9.20. The molecule has 1 aromatic heterocycles. The van der Waals surface area contributed by atoms with Crippen LogP contribution in [0.15, 0.2) is 16.9 Å². The van der Waals surface area contributed by atoms with Gasteiger partial charge in [0.2, 0.25) is 0 Å². The molecule has 1 aliphatic heterocycles. The average molecular weight is 376 g/mol. The van der Waals surface area contributed by atoms with E-state index in [1.54, 1.807) is 19.2 Å². The number of fused-ring (bicyclic) bond motifs is 1. The molecule has 1 fully saturated rings. The summed E-state index contributed by atoms with van der Waals surface area (Å²) < 4.78 is 15.7. The minimum atomic E-state index is -0.214. The number of carbonyl (C=O) groups excluding carboxylic acids is 1. The third-order valence-corrected chi connectivity index (χ3v) is 4.92. The third-order valence-electron chi connectivity index (χ3n) is 4.92. The number of benzene rings is 1. The largest absolute Gasteiger partial charge is 0.493 e. The van der Waals surface area contributed by atoms with Gasteiger partial charge >= 0.3 is 5.97 Å². The van der Waals surface area contributed by atoms with Crippen molar-refractivity contribution in [3.8, 4) is 11.5 Å². The number of nitrogens with one attached hydrogen (secondary N) is 2. The van der Waals surface area contributed by atoms with Crippen LogP contribution in [0.25, 0.3) is 10.9 Å². The van der Waals surface area contributed by atoms with Crippen LogP contribution in [0.4, 0.5) is 0 Å². The van der Waals surface area contributed by atoms with Crippen molar-refractivity contribution in [3.05, 3.63) is 28.3 Å². The molecule has 0 radical (unpaired) electrons. The second kappa shape index (κ2) is 8.39. The lowest BCUT2D eigenvalue weighted by Crippen LogP contribution is -3.12. The Morgan fingerprint density at radius 2 is 2.04 bits per heavy atom. The van der Waals surface area contributed by atoms with Gasteiger partial charge in [-0.05, 0) is 25.8 Å². The Balaban J connectivity index is 1.82. The molecule has 1 aromatic carbocycles. The Kier molecular flexibility index (Phi) is 5.95. The second-order valence-corrected chi connectivity index (χ2v) is 6.71. The summed E-state index contributed by atoms with van der Waals surface area (Å²) in [5, 5.41) is 0.453. The fraction of sp³-hybridized carbons (Fsp3) is 0.526. The van der Waals surface area contributed by atoms with Gasteiger partial charge in [0, 0.05) is 6.07 Å². The molecule has 1 aliphatic rings. The third kappa shape index (κ3) is 4.21. The number of carbonyl (C=O) groups is 1. The molecule has 27 heavy (non-hydrogen) atoms. The summed E-state index contributed by atoms with van der Waals surface area (Å²) in [6.45, 7) is 4.39.